The van der Waals surface area contributed by atoms with Crippen molar-refractivity contribution in [3.63, 3.8) is 0 Å². The molecule has 1 aromatic carbocycles. The van der Waals surface area contributed by atoms with Crippen LogP contribution in [0.3, 0.4) is 0 Å². The van der Waals surface area contributed by atoms with Gasteiger partial charge in [0.15, 0.2) is 0 Å². The first-order valence-corrected chi connectivity index (χ1v) is 9.02. The predicted octanol–water partition coefficient (Wildman–Crippen LogP) is 4.55. The Hall–Kier alpha value is -1.50. The number of carbonyl (C=O) groups excluding carboxylic acids is 1. The number of benzene rings is 1. The van der Waals surface area contributed by atoms with E-state index in [9.17, 15) is 4.79 Å². The third-order valence-electron chi connectivity index (χ3n) is 3.07. The van der Waals surface area contributed by atoms with E-state index in [4.69, 9.17) is 33.0 Å². The Bertz CT molecular complexity index is 715. The number of halogens is 1. The molecule has 0 spiro atoms. The number of hydrogen-bond acceptors (Lipinski definition) is 5. The maximum Gasteiger partial charge on any atom is 0.339 e. The number of furan rings is 1. The number of hydrogen-bond donors (Lipinski definition) is 1. The summed E-state index contributed by atoms with van der Waals surface area (Å²) in [6, 6.07) is 6.81. The highest BCUT2D eigenvalue weighted by Gasteiger charge is 2.14. The standard InChI is InChI=1S/C16H16ClNO3S2/c1-10-12(5-6-20-10)15(22)18-11-3-4-14(17)13(9-11)16(19)21-7-8-23-2/h3-6,9H,7-8H2,1-2H3,(H,18,22). The fraction of sp³-hybridized carbons (Fsp3) is 0.250. The van der Waals surface area contributed by atoms with Gasteiger partial charge in [0.25, 0.3) is 0 Å². The van der Waals surface area contributed by atoms with E-state index in [0.717, 1.165) is 17.1 Å². The summed E-state index contributed by atoms with van der Waals surface area (Å²) in [5.74, 6) is 1.02. The fourth-order valence-corrected chi connectivity index (χ4v) is 2.65. The van der Waals surface area contributed by atoms with Crippen LogP contribution in [-0.2, 0) is 4.74 Å². The van der Waals surface area contributed by atoms with E-state index in [0.29, 0.717) is 27.9 Å². The highest BCUT2D eigenvalue weighted by molar-refractivity contribution is 7.98. The summed E-state index contributed by atoms with van der Waals surface area (Å²) >= 11 is 13.0. The zero-order chi connectivity index (χ0) is 16.8. The lowest BCUT2D eigenvalue weighted by Gasteiger charge is -2.10. The smallest absolute Gasteiger partial charge is 0.339 e. The maximum atomic E-state index is 12.1. The Kier molecular flexibility index (Phi) is 6.50. The van der Waals surface area contributed by atoms with Gasteiger partial charge in [0, 0.05) is 11.4 Å². The third kappa shape index (κ3) is 4.73. The Morgan fingerprint density at radius 3 is 2.83 bits per heavy atom. The minimum absolute atomic E-state index is 0.310. The van der Waals surface area contributed by atoms with E-state index >= 15 is 0 Å². The van der Waals surface area contributed by atoms with E-state index in [1.807, 2.05) is 13.2 Å². The molecule has 0 atom stereocenters. The highest BCUT2D eigenvalue weighted by Crippen LogP contribution is 2.23. The molecule has 4 nitrogen and oxygen atoms in total. The van der Waals surface area contributed by atoms with E-state index in [-0.39, 0.29) is 0 Å². The molecular formula is C16H16ClNO3S2. The molecule has 2 aromatic rings. The molecule has 0 aliphatic carbocycles. The number of thioether (sulfide) groups is 1. The molecule has 1 heterocycles. The van der Waals surface area contributed by atoms with Crippen molar-refractivity contribution < 1.29 is 13.9 Å². The molecular weight excluding hydrogens is 354 g/mol. The number of nitrogens with one attached hydrogen (secondary N) is 1. The second-order valence-electron chi connectivity index (χ2n) is 4.67. The van der Waals surface area contributed by atoms with Gasteiger partial charge in [0.05, 0.1) is 22.4 Å². The van der Waals surface area contributed by atoms with Gasteiger partial charge >= 0.3 is 5.97 Å². The summed E-state index contributed by atoms with van der Waals surface area (Å²) in [5, 5.41) is 3.42. The van der Waals surface area contributed by atoms with Crippen molar-refractivity contribution in [3.8, 4) is 0 Å². The van der Waals surface area contributed by atoms with Gasteiger partial charge in [-0.05, 0) is 37.4 Å². The lowest BCUT2D eigenvalue weighted by atomic mass is 10.2. The fourth-order valence-electron chi connectivity index (χ4n) is 1.87. The molecule has 0 aliphatic rings. The van der Waals surface area contributed by atoms with Crippen molar-refractivity contribution in [2.24, 2.45) is 0 Å². The molecule has 0 radical (unpaired) electrons. The van der Waals surface area contributed by atoms with E-state index in [2.05, 4.69) is 5.32 Å². The number of ether oxygens (including phenoxy) is 1. The predicted molar refractivity (Wildman–Crippen MR) is 98.9 cm³/mol. The molecule has 0 fully saturated rings. The van der Waals surface area contributed by atoms with Gasteiger partial charge in [-0.3, -0.25) is 0 Å². The van der Waals surface area contributed by atoms with E-state index in [1.165, 1.54) is 0 Å². The average Bonchev–Trinajstić information content (AvgIpc) is 2.95. The van der Waals surface area contributed by atoms with Gasteiger partial charge in [-0.2, -0.15) is 11.8 Å². The molecule has 0 aliphatic heterocycles. The lowest BCUT2D eigenvalue weighted by molar-refractivity contribution is 0.0530. The number of rotatable bonds is 6. The Balaban J connectivity index is 2.12. The molecule has 0 saturated heterocycles. The second kappa shape index (κ2) is 8.38. The molecule has 1 aromatic heterocycles. The van der Waals surface area contributed by atoms with Gasteiger partial charge < -0.3 is 14.5 Å². The SMILES string of the molecule is CSCCOC(=O)c1cc(NC(=S)c2ccoc2C)ccc1Cl. The van der Waals surface area contributed by atoms with Crippen molar-refractivity contribution in [1.29, 1.82) is 0 Å². The van der Waals surface area contributed by atoms with Gasteiger partial charge in [0.1, 0.15) is 17.4 Å². The number of carbonyl (C=O) groups is 1. The minimum atomic E-state index is -0.446. The summed E-state index contributed by atoms with van der Waals surface area (Å²) in [6.07, 6.45) is 3.53. The Morgan fingerprint density at radius 2 is 2.17 bits per heavy atom. The van der Waals surface area contributed by atoms with Crippen LogP contribution in [0, 0.1) is 6.92 Å². The first-order valence-electron chi connectivity index (χ1n) is 6.84. The number of thiocarbonyl (C=S) groups is 1. The van der Waals surface area contributed by atoms with Crippen LogP contribution in [0.1, 0.15) is 21.7 Å². The summed E-state index contributed by atoms with van der Waals surface area (Å²) < 4.78 is 10.4. The van der Waals surface area contributed by atoms with Gasteiger partial charge in [0.2, 0.25) is 0 Å². The van der Waals surface area contributed by atoms with Crippen molar-refractivity contribution >= 4 is 52.2 Å². The minimum Gasteiger partial charge on any atom is -0.469 e. The zero-order valence-electron chi connectivity index (χ0n) is 12.7. The molecule has 0 saturated carbocycles. The van der Waals surface area contributed by atoms with Gasteiger partial charge in [-0.25, -0.2) is 4.79 Å². The van der Waals surface area contributed by atoms with Crippen LogP contribution in [0.15, 0.2) is 34.9 Å². The summed E-state index contributed by atoms with van der Waals surface area (Å²) in [5.41, 5.74) is 1.78. The molecule has 7 heteroatoms. The molecule has 0 amide bonds. The number of aryl methyl sites for hydroxylation is 1. The number of anilines is 1. The van der Waals surface area contributed by atoms with Crippen LogP contribution in [0.5, 0.6) is 0 Å². The third-order valence-corrected chi connectivity index (χ3v) is 4.29. The van der Waals surface area contributed by atoms with Crippen LogP contribution in [-0.4, -0.2) is 29.6 Å². The van der Waals surface area contributed by atoms with Crippen molar-refractivity contribution in [2.45, 2.75) is 6.92 Å². The molecule has 23 heavy (non-hydrogen) atoms. The van der Waals surface area contributed by atoms with Crippen molar-refractivity contribution in [3.05, 3.63) is 52.4 Å². The zero-order valence-corrected chi connectivity index (χ0v) is 15.1. The maximum absolute atomic E-state index is 12.1. The normalized spacial score (nSPS) is 10.4. The molecule has 0 unspecified atom stereocenters. The molecule has 122 valence electrons. The average molecular weight is 370 g/mol. The van der Waals surface area contributed by atoms with Crippen LogP contribution in [0.2, 0.25) is 5.02 Å². The Morgan fingerprint density at radius 1 is 1.39 bits per heavy atom. The van der Waals surface area contributed by atoms with Crippen LogP contribution >= 0.6 is 35.6 Å². The van der Waals surface area contributed by atoms with Crippen LogP contribution < -0.4 is 5.32 Å². The second-order valence-corrected chi connectivity index (χ2v) is 6.47. The summed E-state index contributed by atoms with van der Waals surface area (Å²) in [4.78, 5) is 12.6. The van der Waals surface area contributed by atoms with Crippen LogP contribution in [0.4, 0.5) is 5.69 Å². The summed E-state index contributed by atoms with van der Waals surface area (Å²) in [6.45, 7) is 2.18. The Labute approximate surface area is 149 Å². The highest BCUT2D eigenvalue weighted by atomic mass is 35.5. The van der Waals surface area contributed by atoms with Gasteiger partial charge in [-0.15, -0.1) is 0 Å². The first-order chi connectivity index (χ1) is 11.0. The van der Waals surface area contributed by atoms with Gasteiger partial charge in [-0.1, -0.05) is 23.8 Å². The van der Waals surface area contributed by atoms with E-state index in [1.54, 1.807) is 42.3 Å². The van der Waals surface area contributed by atoms with Crippen molar-refractivity contribution in [2.75, 3.05) is 23.9 Å². The van der Waals surface area contributed by atoms with E-state index < -0.39 is 5.97 Å². The largest absolute Gasteiger partial charge is 0.469 e. The van der Waals surface area contributed by atoms with Crippen molar-refractivity contribution in [1.82, 2.24) is 0 Å². The molecule has 2 rings (SSSR count). The molecule has 0 bridgehead atoms. The summed E-state index contributed by atoms with van der Waals surface area (Å²) in [7, 11) is 0. The number of esters is 1. The molecule has 1 N–H and O–H groups in total. The topological polar surface area (TPSA) is 51.5 Å². The first kappa shape index (κ1) is 17.8. The monoisotopic (exact) mass is 369 g/mol. The lowest BCUT2D eigenvalue weighted by Crippen LogP contribution is -2.13. The van der Waals surface area contributed by atoms with Crippen LogP contribution in [0.25, 0.3) is 0 Å². The quantitative estimate of drug-likeness (QED) is 0.458.